The smallest absolute Gasteiger partial charge is 0.146 e. The molecule has 2 aromatic rings. The topological polar surface area (TPSA) is 42.7 Å². The maximum atomic E-state index is 13.8. The molecule has 0 aliphatic heterocycles. The maximum absolute atomic E-state index is 13.8. The summed E-state index contributed by atoms with van der Waals surface area (Å²) < 4.78 is 29.0. The molecule has 0 bridgehead atoms. The Bertz CT molecular complexity index is 580. The average molecular weight is 266 g/mol. The van der Waals surface area contributed by atoms with Crippen molar-refractivity contribution in [3.05, 3.63) is 47.0 Å². The lowest BCUT2D eigenvalue weighted by Crippen LogP contribution is -2.21. The van der Waals surface area contributed by atoms with E-state index in [-0.39, 0.29) is 6.04 Å². The van der Waals surface area contributed by atoms with E-state index in [4.69, 9.17) is 0 Å². The first-order chi connectivity index (χ1) is 8.99. The zero-order chi connectivity index (χ0) is 14.0. The van der Waals surface area contributed by atoms with Gasteiger partial charge >= 0.3 is 0 Å². The van der Waals surface area contributed by atoms with Gasteiger partial charge in [-0.25, -0.2) is 8.78 Å². The number of rotatable bonds is 4. The fourth-order valence-electron chi connectivity index (χ4n) is 1.82. The van der Waals surface area contributed by atoms with Crippen molar-refractivity contribution in [1.82, 2.24) is 20.1 Å². The molecule has 0 amide bonds. The SMILES string of the molecule is Cc1cc(F)c(C(C)NCc2nncn2C)cc1F. The van der Waals surface area contributed by atoms with Crippen LogP contribution in [0.15, 0.2) is 18.5 Å². The van der Waals surface area contributed by atoms with Gasteiger partial charge in [0, 0.05) is 18.7 Å². The van der Waals surface area contributed by atoms with Gasteiger partial charge in [0.1, 0.15) is 23.8 Å². The Morgan fingerprint density at radius 2 is 2.05 bits per heavy atom. The Morgan fingerprint density at radius 3 is 2.68 bits per heavy atom. The van der Waals surface area contributed by atoms with Crippen LogP contribution in [0.4, 0.5) is 8.78 Å². The van der Waals surface area contributed by atoms with Gasteiger partial charge in [0.15, 0.2) is 0 Å². The predicted octanol–water partition coefficient (Wildman–Crippen LogP) is 2.25. The van der Waals surface area contributed by atoms with E-state index in [0.717, 1.165) is 5.82 Å². The van der Waals surface area contributed by atoms with Crippen molar-refractivity contribution < 1.29 is 8.78 Å². The van der Waals surface area contributed by atoms with Gasteiger partial charge in [-0.2, -0.15) is 0 Å². The van der Waals surface area contributed by atoms with Gasteiger partial charge in [0.2, 0.25) is 0 Å². The molecule has 1 heterocycles. The van der Waals surface area contributed by atoms with Crippen molar-refractivity contribution in [2.45, 2.75) is 26.4 Å². The number of halogens is 2. The molecule has 4 nitrogen and oxygen atoms in total. The first-order valence-corrected chi connectivity index (χ1v) is 6.01. The van der Waals surface area contributed by atoms with Gasteiger partial charge in [-0.1, -0.05) is 0 Å². The number of nitrogens with one attached hydrogen (secondary N) is 1. The van der Waals surface area contributed by atoms with E-state index < -0.39 is 11.6 Å². The second kappa shape index (κ2) is 5.44. The van der Waals surface area contributed by atoms with Gasteiger partial charge in [0.05, 0.1) is 6.54 Å². The number of aromatic nitrogens is 3. The van der Waals surface area contributed by atoms with Crippen molar-refractivity contribution in [2.24, 2.45) is 7.05 Å². The summed E-state index contributed by atoms with van der Waals surface area (Å²) in [4.78, 5) is 0. The standard InChI is InChI=1S/C13H16F2N4/c1-8-4-12(15)10(5-11(8)14)9(2)16-6-13-18-17-7-19(13)3/h4-5,7,9,16H,6H2,1-3H3. The molecule has 2 rings (SSSR count). The van der Waals surface area contributed by atoms with Crippen molar-refractivity contribution in [3.63, 3.8) is 0 Å². The molecule has 0 fully saturated rings. The number of benzene rings is 1. The average Bonchev–Trinajstić information content (AvgIpc) is 2.76. The summed E-state index contributed by atoms with van der Waals surface area (Å²) in [6, 6.07) is 2.14. The molecule has 0 aliphatic rings. The molecule has 6 heteroatoms. The van der Waals surface area contributed by atoms with Crippen LogP contribution in [0.25, 0.3) is 0 Å². The quantitative estimate of drug-likeness (QED) is 0.923. The Balaban J connectivity index is 2.10. The molecule has 1 aromatic heterocycles. The third kappa shape index (κ3) is 2.96. The van der Waals surface area contributed by atoms with Crippen LogP contribution < -0.4 is 5.32 Å². The van der Waals surface area contributed by atoms with E-state index >= 15 is 0 Å². The molecule has 0 radical (unpaired) electrons. The summed E-state index contributed by atoms with van der Waals surface area (Å²) in [5.41, 5.74) is 0.618. The van der Waals surface area contributed by atoms with Crippen LogP contribution in [0.5, 0.6) is 0 Å². The predicted molar refractivity (Wildman–Crippen MR) is 67.4 cm³/mol. The van der Waals surface area contributed by atoms with E-state index in [1.165, 1.54) is 12.1 Å². The normalized spacial score (nSPS) is 12.7. The van der Waals surface area contributed by atoms with Gasteiger partial charge in [0.25, 0.3) is 0 Å². The van der Waals surface area contributed by atoms with Gasteiger partial charge in [-0.15, -0.1) is 10.2 Å². The Kier molecular flexibility index (Phi) is 3.90. The lowest BCUT2D eigenvalue weighted by Gasteiger charge is -2.15. The molecule has 102 valence electrons. The molecular formula is C13H16F2N4. The molecule has 0 saturated carbocycles. The van der Waals surface area contributed by atoms with E-state index in [1.54, 1.807) is 24.7 Å². The fourth-order valence-corrected chi connectivity index (χ4v) is 1.82. The minimum Gasteiger partial charge on any atom is -0.320 e. The van der Waals surface area contributed by atoms with Crippen LogP contribution in [0.2, 0.25) is 0 Å². The summed E-state index contributed by atoms with van der Waals surface area (Å²) in [5.74, 6) is -0.0691. The number of hydrogen-bond donors (Lipinski definition) is 1. The zero-order valence-corrected chi connectivity index (χ0v) is 11.1. The first-order valence-electron chi connectivity index (χ1n) is 6.01. The minimum atomic E-state index is -0.406. The highest BCUT2D eigenvalue weighted by Gasteiger charge is 2.14. The van der Waals surface area contributed by atoms with Gasteiger partial charge < -0.3 is 9.88 Å². The summed E-state index contributed by atoms with van der Waals surface area (Å²) in [7, 11) is 1.83. The highest BCUT2D eigenvalue weighted by molar-refractivity contribution is 5.27. The zero-order valence-electron chi connectivity index (χ0n) is 11.1. The molecule has 1 unspecified atom stereocenters. The number of hydrogen-bond acceptors (Lipinski definition) is 3. The lowest BCUT2D eigenvalue weighted by molar-refractivity contribution is 0.505. The first kappa shape index (κ1) is 13.6. The van der Waals surface area contributed by atoms with Crippen LogP contribution in [-0.4, -0.2) is 14.8 Å². The maximum Gasteiger partial charge on any atom is 0.146 e. The second-order valence-electron chi connectivity index (χ2n) is 4.58. The molecule has 1 N–H and O–H groups in total. The van der Waals surface area contributed by atoms with Crippen molar-refractivity contribution in [1.29, 1.82) is 0 Å². The van der Waals surface area contributed by atoms with Crippen molar-refractivity contribution >= 4 is 0 Å². The van der Waals surface area contributed by atoms with Crippen molar-refractivity contribution in [2.75, 3.05) is 0 Å². The van der Waals surface area contributed by atoms with Crippen LogP contribution in [0.1, 0.15) is 29.9 Å². The Morgan fingerprint density at radius 1 is 1.32 bits per heavy atom. The molecule has 0 saturated heterocycles. The van der Waals surface area contributed by atoms with E-state index in [9.17, 15) is 8.78 Å². The summed E-state index contributed by atoms with van der Waals surface area (Å²) >= 11 is 0. The van der Waals surface area contributed by atoms with Crippen LogP contribution in [0.3, 0.4) is 0 Å². The van der Waals surface area contributed by atoms with Gasteiger partial charge in [-0.3, -0.25) is 0 Å². The molecule has 1 aromatic carbocycles. The summed E-state index contributed by atoms with van der Waals surface area (Å²) in [6.45, 7) is 3.76. The number of aryl methyl sites for hydroxylation is 2. The van der Waals surface area contributed by atoms with Crippen LogP contribution in [0, 0.1) is 18.6 Å². The third-order valence-corrected chi connectivity index (χ3v) is 3.12. The van der Waals surface area contributed by atoms with E-state index in [0.29, 0.717) is 17.7 Å². The molecular weight excluding hydrogens is 250 g/mol. The fraction of sp³-hybridized carbons (Fsp3) is 0.385. The van der Waals surface area contributed by atoms with E-state index in [2.05, 4.69) is 15.5 Å². The molecule has 19 heavy (non-hydrogen) atoms. The Labute approximate surface area is 110 Å². The summed E-state index contributed by atoms with van der Waals surface area (Å²) in [5, 5.41) is 10.8. The van der Waals surface area contributed by atoms with Crippen LogP contribution in [-0.2, 0) is 13.6 Å². The third-order valence-electron chi connectivity index (χ3n) is 3.12. The van der Waals surface area contributed by atoms with E-state index in [1.807, 2.05) is 7.05 Å². The largest absolute Gasteiger partial charge is 0.320 e. The highest BCUT2D eigenvalue weighted by atomic mass is 19.1. The lowest BCUT2D eigenvalue weighted by atomic mass is 10.1. The van der Waals surface area contributed by atoms with Gasteiger partial charge in [-0.05, 0) is 31.5 Å². The Hall–Kier alpha value is -1.82. The van der Waals surface area contributed by atoms with Crippen molar-refractivity contribution in [3.8, 4) is 0 Å². The molecule has 1 atom stereocenters. The van der Waals surface area contributed by atoms with Crippen LogP contribution >= 0.6 is 0 Å². The molecule has 0 spiro atoms. The second-order valence-corrected chi connectivity index (χ2v) is 4.58. The minimum absolute atomic E-state index is 0.307. The summed E-state index contributed by atoms with van der Waals surface area (Å²) in [6.07, 6.45) is 1.59. The highest BCUT2D eigenvalue weighted by Crippen LogP contribution is 2.20. The molecule has 0 aliphatic carbocycles. The number of nitrogens with zero attached hydrogens (tertiary/aromatic N) is 3. The monoisotopic (exact) mass is 266 g/mol.